The molecular weight excluding hydrogens is 196 g/mol. The average molecular weight is 212 g/mol. The van der Waals surface area contributed by atoms with E-state index in [0.717, 1.165) is 12.4 Å². The van der Waals surface area contributed by atoms with Crippen LogP contribution in [-0.2, 0) is 6.54 Å². The predicted octanol–water partition coefficient (Wildman–Crippen LogP) is 1.61. The highest BCUT2D eigenvalue weighted by Crippen LogP contribution is 2.20. The van der Waals surface area contributed by atoms with E-state index in [1.54, 1.807) is 0 Å². The van der Waals surface area contributed by atoms with E-state index >= 15 is 0 Å². The smallest absolute Gasteiger partial charge is 0.145 e. The molecule has 1 aliphatic rings. The van der Waals surface area contributed by atoms with Gasteiger partial charge in [0.05, 0.1) is 6.20 Å². The molecule has 4 nitrogen and oxygen atoms in total. The second-order valence-corrected chi connectivity index (χ2v) is 4.69. The van der Waals surface area contributed by atoms with E-state index in [1.165, 1.54) is 24.3 Å². The lowest BCUT2D eigenvalue weighted by molar-refractivity contribution is 0.608. The molecule has 0 aromatic carbocycles. The normalized spacial score (nSPS) is 18.4. The van der Waals surface area contributed by atoms with Gasteiger partial charge in [-0.1, -0.05) is 5.21 Å². The standard InChI is InChI=1S/C9H16N4S/c1-2-13-9(7-10-12-13)11-8-3-5-14-6-4-8/h7-8,11H,2-6H2,1H3. The van der Waals surface area contributed by atoms with Gasteiger partial charge in [-0.05, 0) is 31.3 Å². The number of thioether (sulfide) groups is 1. The van der Waals surface area contributed by atoms with Gasteiger partial charge in [0, 0.05) is 12.6 Å². The first-order valence-electron chi connectivity index (χ1n) is 5.13. The Hall–Kier alpha value is -0.710. The molecule has 0 radical (unpaired) electrons. The minimum Gasteiger partial charge on any atom is -0.366 e. The number of anilines is 1. The van der Waals surface area contributed by atoms with Gasteiger partial charge in [0.2, 0.25) is 0 Å². The first-order chi connectivity index (χ1) is 6.90. The van der Waals surface area contributed by atoms with Crippen LogP contribution in [0.4, 0.5) is 5.82 Å². The SMILES string of the molecule is CCn1nncc1NC1CCSCC1. The average Bonchev–Trinajstić information content (AvgIpc) is 2.67. The maximum absolute atomic E-state index is 4.00. The number of nitrogens with zero attached hydrogens (tertiary/aromatic N) is 3. The second kappa shape index (κ2) is 4.68. The van der Waals surface area contributed by atoms with Crippen molar-refractivity contribution in [3.63, 3.8) is 0 Å². The molecule has 0 atom stereocenters. The summed E-state index contributed by atoms with van der Waals surface area (Å²) in [5, 5.41) is 11.4. The lowest BCUT2D eigenvalue weighted by atomic mass is 10.1. The van der Waals surface area contributed by atoms with Crippen LogP contribution in [0.1, 0.15) is 19.8 Å². The zero-order valence-electron chi connectivity index (χ0n) is 8.44. The zero-order valence-corrected chi connectivity index (χ0v) is 9.26. The molecular formula is C9H16N4S. The molecule has 2 rings (SSSR count). The third kappa shape index (κ3) is 2.20. The van der Waals surface area contributed by atoms with Crippen LogP contribution in [0.25, 0.3) is 0 Å². The van der Waals surface area contributed by atoms with Gasteiger partial charge >= 0.3 is 0 Å². The van der Waals surface area contributed by atoms with Crippen molar-refractivity contribution in [3.05, 3.63) is 6.20 Å². The Morgan fingerprint density at radius 1 is 1.57 bits per heavy atom. The third-order valence-corrected chi connectivity index (χ3v) is 3.54. The molecule has 0 bridgehead atoms. The van der Waals surface area contributed by atoms with Gasteiger partial charge in [0.1, 0.15) is 5.82 Å². The largest absolute Gasteiger partial charge is 0.366 e. The quantitative estimate of drug-likeness (QED) is 0.826. The Balaban J connectivity index is 1.95. The van der Waals surface area contributed by atoms with Crippen LogP contribution in [-0.4, -0.2) is 32.5 Å². The van der Waals surface area contributed by atoms with E-state index in [9.17, 15) is 0 Å². The summed E-state index contributed by atoms with van der Waals surface area (Å²) in [6, 6.07) is 0.611. The number of aryl methyl sites for hydroxylation is 1. The van der Waals surface area contributed by atoms with Crippen LogP contribution in [0, 0.1) is 0 Å². The number of hydrogen-bond donors (Lipinski definition) is 1. The molecule has 0 amide bonds. The number of nitrogens with one attached hydrogen (secondary N) is 1. The van der Waals surface area contributed by atoms with Crippen LogP contribution in [0.3, 0.4) is 0 Å². The van der Waals surface area contributed by atoms with E-state index in [0.29, 0.717) is 6.04 Å². The predicted molar refractivity (Wildman–Crippen MR) is 59.7 cm³/mol. The Kier molecular flexibility index (Phi) is 3.29. The van der Waals surface area contributed by atoms with Crippen molar-refractivity contribution < 1.29 is 0 Å². The molecule has 1 aromatic heterocycles. The van der Waals surface area contributed by atoms with Crippen LogP contribution < -0.4 is 5.32 Å². The minimum atomic E-state index is 0.611. The monoisotopic (exact) mass is 212 g/mol. The molecule has 1 aromatic rings. The molecule has 1 N–H and O–H groups in total. The first kappa shape index (κ1) is 9.83. The fraction of sp³-hybridized carbons (Fsp3) is 0.778. The lowest BCUT2D eigenvalue weighted by Gasteiger charge is -2.23. The van der Waals surface area contributed by atoms with E-state index in [2.05, 4.69) is 22.6 Å². The van der Waals surface area contributed by atoms with Gasteiger partial charge in [-0.15, -0.1) is 5.10 Å². The molecule has 0 spiro atoms. The molecule has 0 unspecified atom stereocenters. The van der Waals surface area contributed by atoms with Crippen LogP contribution in [0.15, 0.2) is 6.20 Å². The fourth-order valence-electron chi connectivity index (χ4n) is 1.65. The van der Waals surface area contributed by atoms with Crippen molar-refractivity contribution in [2.75, 3.05) is 16.8 Å². The van der Waals surface area contributed by atoms with Crippen molar-refractivity contribution in [2.24, 2.45) is 0 Å². The summed E-state index contributed by atoms with van der Waals surface area (Å²) in [6.45, 7) is 2.96. The van der Waals surface area contributed by atoms with Crippen molar-refractivity contribution in [1.82, 2.24) is 15.0 Å². The van der Waals surface area contributed by atoms with E-state index in [4.69, 9.17) is 0 Å². The van der Waals surface area contributed by atoms with E-state index in [1.807, 2.05) is 22.6 Å². The highest BCUT2D eigenvalue weighted by Gasteiger charge is 2.14. The summed E-state index contributed by atoms with van der Waals surface area (Å²) in [6.07, 6.45) is 4.31. The molecule has 2 heterocycles. The summed E-state index contributed by atoms with van der Waals surface area (Å²) >= 11 is 2.04. The minimum absolute atomic E-state index is 0.611. The summed E-state index contributed by atoms with van der Waals surface area (Å²) in [4.78, 5) is 0. The van der Waals surface area contributed by atoms with Crippen LogP contribution >= 0.6 is 11.8 Å². The summed E-state index contributed by atoms with van der Waals surface area (Å²) in [7, 11) is 0. The second-order valence-electron chi connectivity index (χ2n) is 3.47. The molecule has 1 fully saturated rings. The molecule has 1 saturated heterocycles. The van der Waals surface area contributed by atoms with Crippen molar-refractivity contribution >= 4 is 17.6 Å². The fourth-order valence-corrected chi connectivity index (χ4v) is 2.76. The van der Waals surface area contributed by atoms with Crippen molar-refractivity contribution in [1.29, 1.82) is 0 Å². The number of rotatable bonds is 3. The maximum Gasteiger partial charge on any atom is 0.145 e. The van der Waals surface area contributed by atoms with Gasteiger partial charge in [-0.2, -0.15) is 11.8 Å². The van der Waals surface area contributed by atoms with Gasteiger partial charge in [0.25, 0.3) is 0 Å². The van der Waals surface area contributed by atoms with Gasteiger partial charge < -0.3 is 5.32 Å². The van der Waals surface area contributed by atoms with Crippen molar-refractivity contribution in [3.8, 4) is 0 Å². The molecule has 14 heavy (non-hydrogen) atoms. The molecule has 78 valence electrons. The molecule has 0 aliphatic carbocycles. The summed E-state index contributed by atoms with van der Waals surface area (Å²) in [5.74, 6) is 3.60. The van der Waals surface area contributed by atoms with Crippen molar-refractivity contribution in [2.45, 2.75) is 32.4 Å². The Morgan fingerprint density at radius 3 is 3.07 bits per heavy atom. The Morgan fingerprint density at radius 2 is 2.36 bits per heavy atom. The topological polar surface area (TPSA) is 42.7 Å². The van der Waals surface area contributed by atoms with Crippen LogP contribution in [0.5, 0.6) is 0 Å². The van der Waals surface area contributed by atoms with Gasteiger partial charge in [-0.25, -0.2) is 4.68 Å². The Labute approximate surface area is 88.4 Å². The highest BCUT2D eigenvalue weighted by molar-refractivity contribution is 7.99. The molecule has 1 aliphatic heterocycles. The number of hydrogen-bond acceptors (Lipinski definition) is 4. The van der Waals surface area contributed by atoms with Crippen LogP contribution in [0.2, 0.25) is 0 Å². The summed E-state index contributed by atoms with van der Waals surface area (Å²) < 4.78 is 1.90. The first-order valence-corrected chi connectivity index (χ1v) is 6.28. The maximum atomic E-state index is 4.00. The molecule has 5 heteroatoms. The lowest BCUT2D eigenvalue weighted by Crippen LogP contribution is -2.25. The van der Waals surface area contributed by atoms with E-state index in [-0.39, 0.29) is 0 Å². The zero-order chi connectivity index (χ0) is 9.80. The van der Waals surface area contributed by atoms with E-state index < -0.39 is 0 Å². The van der Waals surface area contributed by atoms with Gasteiger partial charge in [0.15, 0.2) is 0 Å². The van der Waals surface area contributed by atoms with Gasteiger partial charge in [-0.3, -0.25) is 0 Å². The number of aromatic nitrogens is 3. The molecule has 0 saturated carbocycles. The summed E-state index contributed by atoms with van der Waals surface area (Å²) in [5.41, 5.74) is 0. The third-order valence-electron chi connectivity index (χ3n) is 2.49. The Bertz CT molecular complexity index is 280. The highest BCUT2D eigenvalue weighted by atomic mass is 32.2.